The zero-order chi connectivity index (χ0) is 14.4. The van der Waals surface area contributed by atoms with Crippen molar-refractivity contribution in [3.8, 4) is 0 Å². The van der Waals surface area contributed by atoms with Gasteiger partial charge in [0.2, 0.25) is 0 Å². The molecule has 1 aliphatic rings. The Labute approximate surface area is 123 Å². The first kappa shape index (κ1) is 12.3. The summed E-state index contributed by atoms with van der Waals surface area (Å²) in [7, 11) is 0. The zero-order valence-corrected chi connectivity index (χ0v) is 12.2. The Morgan fingerprint density at radius 2 is 2.00 bits per heavy atom. The van der Waals surface area contributed by atoms with Gasteiger partial charge in [-0.05, 0) is 56.4 Å². The molecule has 0 saturated heterocycles. The van der Waals surface area contributed by atoms with Crippen molar-refractivity contribution in [2.24, 2.45) is 0 Å². The average molecular weight is 279 g/mol. The first-order valence-electron chi connectivity index (χ1n) is 7.28. The first-order chi connectivity index (χ1) is 10.2. The molecule has 2 heterocycles. The maximum Gasteiger partial charge on any atom is 0.256 e. The van der Waals surface area contributed by atoms with Gasteiger partial charge < -0.3 is 5.32 Å². The van der Waals surface area contributed by atoms with E-state index >= 15 is 0 Å². The van der Waals surface area contributed by atoms with Crippen LogP contribution in [0.1, 0.15) is 28.8 Å². The number of anilines is 2. The second-order valence-corrected chi connectivity index (χ2v) is 5.63. The van der Waals surface area contributed by atoms with E-state index in [2.05, 4.69) is 45.6 Å². The van der Waals surface area contributed by atoms with Gasteiger partial charge in [0, 0.05) is 16.9 Å². The van der Waals surface area contributed by atoms with E-state index in [9.17, 15) is 0 Å². The minimum Gasteiger partial charge on any atom is -0.341 e. The van der Waals surface area contributed by atoms with Crippen molar-refractivity contribution in [2.75, 3.05) is 5.32 Å². The molecule has 0 aliphatic heterocycles. The van der Waals surface area contributed by atoms with Crippen molar-refractivity contribution in [3.63, 3.8) is 0 Å². The summed E-state index contributed by atoms with van der Waals surface area (Å²) >= 11 is 0. The molecule has 1 aromatic carbocycles. The number of hydrogen-bond donors (Lipinski definition) is 1. The van der Waals surface area contributed by atoms with Crippen molar-refractivity contribution in [2.45, 2.75) is 33.1 Å². The molecule has 0 atom stereocenters. The third-order valence-electron chi connectivity index (χ3n) is 4.30. The lowest BCUT2D eigenvalue weighted by Gasteiger charge is -2.14. The van der Waals surface area contributed by atoms with E-state index in [0.29, 0.717) is 5.78 Å². The van der Waals surface area contributed by atoms with Gasteiger partial charge in [0.25, 0.3) is 5.78 Å². The lowest BCUT2D eigenvalue weighted by molar-refractivity contribution is 0.912. The highest BCUT2D eigenvalue weighted by Gasteiger charge is 2.13. The summed E-state index contributed by atoms with van der Waals surface area (Å²) in [6.07, 6.45) is 5.35. The largest absolute Gasteiger partial charge is 0.341 e. The van der Waals surface area contributed by atoms with Gasteiger partial charge in [0.05, 0.1) is 0 Å². The molecular weight excluding hydrogens is 262 g/mol. The van der Waals surface area contributed by atoms with Crippen LogP contribution in [0.25, 0.3) is 5.78 Å². The van der Waals surface area contributed by atoms with Crippen LogP contribution in [0.3, 0.4) is 0 Å². The van der Waals surface area contributed by atoms with E-state index in [1.807, 2.05) is 11.3 Å². The van der Waals surface area contributed by atoms with E-state index < -0.39 is 0 Å². The Kier molecular flexibility index (Phi) is 2.67. The van der Waals surface area contributed by atoms with Crippen molar-refractivity contribution >= 4 is 17.3 Å². The van der Waals surface area contributed by atoms with E-state index in [1.165, 1.54) is 30.4 Å². The van der Waals surface area contributed by atoms with Gasteiger partial charge in [0.15, 0.2) is 0 Å². The van der Waals surface area contributed by atoms with E-state index in [0.717, 1.165) is 22.8 Å². The molecule has 0 unspecified atom stereocenters. The minimum atomic E-state index is 0.627. The summed E-state index contributed by atoms with van der Waals surface area (Å²) in [4.78, 5) is 4.44. The molecule has 106 valence electrons. The average Bonchev–Trinajstić information content (AvgIpc) is 3.11. The Morgan fingerprint density at radius 1 is 1.14 bits per heavy atom. The highest BCUT2D eigenvalue weighted by molar-refractivity contribution is 5.64. The molecule has 5 heteroatoms. The summed E-state index contributed by atoms with van der Waals surface area (Å²) in [5.41, 5.74) is 6.14. The highest BCUT2D eigenvalue weighted by Crippen LogP contribution is 2.28. The minimum absolute atomic E-state index is 0.627. The Bertz CT molecular complexity index is 834. The second-order valence-electron chi connectivity index (χ2n) is 5.63. The predicted molar refractivity (Wildman–Crippen MR) is 82.0 cm³/mol. The number of nitrogens with one attached hydrogen (secondary N) is 1. The third kappa shape index (κ3) is 1.96. The lowest BCUT2D eigenvalue weighted by atomic mass is 10.1. The lowest BCUT2D eigenvalue weighted by Crippen LogP contribution is -2.05. The molecule has 2 aromatic heterocycles. The van der Waals surface area contributed by atoms with E-state index in [-0.39, 0.29) is 0 Å². The van der Waals surface area contributed by atoms with Gasteiger partial charge >= 0.3 is 0 Å². The molecule has 4 rings (SSSR count). The smallest absolute Gasteiger partial charge is 0.256 e. The van der Waals surface area contributed by atoms with Crippen LogP contribution in [0.4, 0.5) is 11.5 Å². The van der Waals surface area contributed by atoms with Crippen LogP contribution in [-0.2, 0) is 12.8 Å². The van der Waals surface area contributed by atoms with Gasteiger partial charge in [-0.3, -0.25) is 4.40 Å². The van der Waals surface area contributed by atoms with Crippen LogP contribution in [0.5, 0.6) is 0 Å². The van der Waals surface area contributed by atoms with Crippen LogP contribution in [0.2, 0.25) is 0 Å². The molecule has 0 saturated carbocycles. The zero-order valence-electron chi connectivity index (χ0n) is 12.2. The molecule has 0 amide bonds. The van der Waals surface area contributed by atoms with Gasteiger partial charge in [-0.15, -0.1) is 10.2 Å². The quantitative estimate of drug-likeness (QED) is 0.783. The highest BCUT2D eigenvalue weighted by atomic mass is 15.3. The molecule has 21 heavy (non-hydrogen) atoms. The third-order valence-corrected chi connectivity index (χ3v) is 4.30. The maximum atomic E-state index is 4.44. The SMILES string of the molecule is Cc1nc2nncn2c(Nc2ccc3c(c2)CCC3)c1C. The molecule has 5 nitrogen and oxygen atoms in total. The number of benzene rings is 1. The van der Waals surface area contributed by atoms with Gasteiger partial charge in [-0.25, -0.2) is 4.98 Å². The Balaban J connectivity index is 1.80. The van der Waals surface area contributed by atoms with Gasteiger partial charge in [-0.1, -0.05) is 6.07 Å². The fourth-order valence-electron chi connectivity index (χ4n) is 2.99. The number of rotatable bonds is 2. The fraction of sp³-hybridized carbons (Fsp3) is 0.312. The molecule has 1 aliphatic carbocycles. The van der Waals surface area contributed by atoms with E-state index in [1.54, 1.807) is 6.33 Å². The van der Waals surface area contributed by atoms with Crippen molar-refractivity contribution < 1.29 is 0 Å². The molecule has 0 radical (unpaired) electrons. The van der Waals surface area contributed by atoms with Crippen molar-refractivity contribution in [1.82, 2.24) is 19.6 Å². The molecule has 0 fully saturated rings. The number of hydrogen-bond acceptors (Lipinski definition) is 4. The number of fused-ring (bicyclic) bond motifs is 2. The summed E-state index contributed by atoms with van der Waals surface area (Å²) in [6.45, 7) is 4.06. The molecular formula is C16H17N5. The summed E-state index contributed by atoms with van der Waals surface area (Å²) < 4.78 is 1.90. The van der Waals surface area contributed by atoms with Crippen molar-refractivity contribution in [3.05, 3.63) is 46.9 Å². The Morgan fingerprint density at radius 3 is 2.90 bits per heavy atom. The maximum absolute atomic E-state index is 4.44. The summed E-state index contributed by atoms with van der Waals surface area (Å²) in [5.74, 6) is 1.61. The molecule has 0 spiro atoms. The van der Waals surface area contributed by atoms with Crippen LogP contribution in [0.15, 0.2) is 24.5 Å². The predicted octanol–water partition coefficient (Wildman–Crippen LogP) is 2.97. The van der Waals surface area contributed by atoms with Gasteiger partial charge in [-0.2, -0.15) is 0 Å². The number of aryl methyl sites for hydroxylation is 3. The first-order valence-corrected chi connectivity index (χ1v) is 7.28. The number of aromatic nitrogens is 4. The molecule has 1 N–H and O–H groups in total. The summed E-state index contributed by atoms with van der Waals surface area (Å²) in [6, 6.07) is 6.64. The topological polar surface area (TPSA) is 55.1 Å². The molecule has 0 bridgehead atoms. The van der Waals surface area contributed by atoms with Crippen LogP contribution in [-0.4, -0.2) is 19.6 Å². The Hall–Kier alpha value is -2.43. The normalized spacial score (nSPS) is 13.6. The monoisotopic (exact) mass is 279 g/mol. The molecule has 3 aromatic rings. The summed E-state index contributed by atoms with van der Waals surface area (Å²) in [5, 5.41) is 11.5. The fourth-order valence-corrected chi connectivity index (χ4v) is 2.99. The van der Waals surface area contributed by atoms with E-state index in [4.69, 9.17) is 0 Å². The van der Waals surface area contributed by atoms with Crippen molar-refractivity contribution in [1.29, 1.82) is 0 Å². The van der Waals surface area contributed by atoms with Crippen LogP contribution < -0.4 is 5.32 Å². The van der Waals surface area contributed by atoms with Crippen LogP contribution in [0, 0.1) is 13.8 Å². The van der Waals surface area contributed by atoms with Gasteiger partial charge in [0.1, 0.15) is 12.1 Å². The number of nitrogens with zero attached hydrogens (tertiary/aromatic N) is 4. The van der Waals surface area contributed by atoms with Crippen LogP contribution >= 0.6 is 0 Å². The standard InChI is InChI=1S/C16H17N5/c1-10-11(2)18-16-20-17-9-21(16)15(10)19-14-7-6-12-4-3-5-13(12)8-14/h6-9,19H,3-5H2,1-2H3. The second kappa shape index (κ2) is 4.55.